The van der Waals surface area contributed by atoms with Gasteiger partial charge in [0.25, 0.3) is 0 Å². The third kappa shape index (κ3) is 3.38. The molecule has 1 aromatic rings. The highest BCUT2D eigenvalue weighted by Gasteiger charge is 2.14. The van der Waals surface area contributed by atoms with Crippen molar-refractivity contribution in [1.82, 2.24) is 0 Å². The number of rotatable bonds is 4. The van der Waals surface area contributed by atoms with Crippen molar-refractivity contribution in [2.24, 2.45) is 0 Å². The Morgan fingerprint density at radius 3 is 2.60 bits per heavy atom. The van der Waals surface area contributed by atoms with Crippen molar-refractivity contribution >= 4 is 23.4 Å². The lowest BCUT2D eigenvalue weighted by atomic mass is 10.2. The number of hydrogen-bond acceptors (Lipinski definition) is 3. The first-order chi connectivity index (χ1) is 7.06. The first-order valence-corrected chi connectivity index (χ1v) is 6.05. The maximum atomic E-state index is 9.41. The van der Waals surface area contributed by atoms with Gasteiger partial charge in [0.05, 0.1) is 17.7 Å². The molecule has 2 unspecified atom stereocenters. The third-order valence-electron chi connectivity index (χ3n) is 2.20. The fourth-order valence-electron chi connectivity index (χ4n) is 1.09. The molecule has 0 amide bonds. The second-order valence-electron chi connectivity index (χ2n) is 3.45. The van der Waals surface area contributed by atoms with Crippen molar-refractivity contribution in [3.05, 3.63) is 28.8 Å². The van der Waals surface area contributed by atoms with E-state index in [1.54, 1.807) is 13.0 Å². The van der Waals surface area contributed by atoms with Gasteiger partial charge in [0.1, 0.15) is 0 Å². The van der Waals surface area contributed by atoms with Gasteiger partial charge in [-0.05, 0) is 18.6 Å². The summed E-state index contributed by atoms with van der Waals surface area (Å²) in [5.41, 5.74) is 0.806. The number of benzene rings is 1. The van der Waals surface area contributed by atoms with Gasteiger partial charge in [0, 0.05) is 10.1 Å². The Hall–Kier alpha value is -0.220. The molecule has 0 bridgehead atoms. The van der Waals surface area contributed by atoms with Crippen molar-refractivity contribution < 1.29 is 10.2 Å². The largest absolute Gasteiger partial charge is 0.392 e. The number of halogens is 1. The van der Waals surface area contributed by atoms with Gasteiger partial charge >= 0.3 is 0 Å². The fraction of sp³-hybridized carbons (Fsp3) is 0.455. The Bertz CT molecular complexity index is 328. The molecule has 4 heteroatoms. The predicted octanol–water partition coefficient (Wildman–Crippen LogP) is 2.69. The van der Waals surface area contributed by atoms with E-state index in [9.17, 15) is 5.11 Å². The van der Waals surface area contributed by atoms with E-state index in [1.165, 1.54) is 11.8 Å². The molecule has 0 heterocycles. The van der Waals surface area contributed by atoms with Crippen molar-refractivity contribution in [1.29, 1.82) is 0 Å². The third-order valence-corrected chi connectivity index (χ3v) is 4.11. The number of hydrogen-bond donors (Lipinski definition) is 2. The van der Waals surface area contributed by atoms with Crippen LogP contribution in [0.4, 0.5) is 0 Å². The second-order valence-corrected chi connectivity index (χ2v) is 5.24. The molecule has 0 saturated carbocycles. The summed E-state index contributed by atoms with van der Waals surface area (Å²) >= 11 is 7.53. The molecule has 84 valence electrons. The van der Waals surface area contributed by atoms with Crippen molar-refractivity contribution in [2.75, 3.05) is 0 Å². The van der Waals surface area contributed by atoms with E-state index < -0.39 is 6.10 Å². The van der Waals surface area contributed by atoms with E-state index in [1.807, 2.05) is 19.1 Å². The Morgan fingerprint density at radius 1 is 1.40 bits per heavy atom. The van der Waals surface area contributed by atoms with Crippen LogP contribution >= 0.6 is 23.4 Å². The van der Waals surface area contributed by atoms with Crippen LogP contribution in [-0.4, -0.2) is 21.6 Å². The standard InChI is InChI=1S/C11H15ClO2S/c1-7(14)8(2)15-11-9(6-13)4-3-5-10(11)12/h3-5,7-8,13-14H,6H2,1-2H3. The van der Waals surface area contributed by atoms with Crippen LogP contribution in [0.5, 0.6) is 0 Å². The molecular weight excluding hydrogens is 232 g/mol. The van der Waals surface area contributed by atoms with Gasteiger partial charge in [-0.25, -0.2) is 0 Å². The van der Waals surface area contributed by atoms with E-state index in [2.05, 4.69) is 0 Å². The molecule has 0 aliphatic rings. The molecule has 1 aromatic carbocycles. The van der Waals surface area contributed by atoms with Crippen LogP contribution < -0.4 is 0 Å². The van der Waals surface area contributed by atoms with Crippen LogP contribution in [0.2, 0.25) is 5.02 Å². The smallest absolute Gasteiger partial charge is 0.0693 e. The normalized spacial score (nSPS) is 15.0. The molecule has 0 radical (unpaired) electrons. The van der Waals surface area contributed by atoms with Gasteiger partial charge in [-0.3, -0.25) is 0 Å². The van der Waals surface area contributed by atoms with Crippen LogP contribution in [0.1, 0.15) is 19.4 Å². The van der Waals surface area contributed by atoms with Gasteiger partial charge in [0.2, 0.25) is 0 Å². The minimum Gasteiger partial charge on any atom is -0.392 e. The topological polar surface area (TPSA) is 40.5 Å². The van der Waals surface area contributed by atoms with E-state index >= 15 is 0 Å². The molecule has 0 fully saturated rings. The Kier molecular flexibility index (Phi) is 4.93. The summed E-state index contributed by atoms with van der Waals surface area (Å²) in [5, 5.41) is 19.2. The zero-order valence-corrected chi connectivity index (χ0v) is 10.3. The SMILES string of the molecule is CC(O)C(C)Sc1c(Cl)cccc1CO. The van der Waals surface area contributed by atoms with Gasteiger partial charge in [0.15, 0.2) is 0 Å². The zero-order chi connectivity index (χ0) is 11.4. The zero-order valence-electron chi connectivity index (χ0n) is 8.77. The average molecular weight is 247 g/mol. The van der Waals surface area contributed by atoms with Gasteiger partial charge < -0.3 is 10.2 Å². The summed E-state index contributed by atoms with van der Waals surface area (Å²) in [6, 6.07) is 5.44. The van der Waals surface area contributed by atoms with E-state index in [-0.39, 0.29) is 11.9 Å². The Morgan fingerprint density at radius 2 is 2.07 bits per heavy atom. The number of thioether (sulfide) groups is 1. The first-order valence-electron chi connectivity index (χ1n) is 4.79. The number of aliphatic hydroxyl groups excluding tert-OH is 2. The van der Waals surface area contributed by atoms with Gasteiger partial charge in [-0.1, -0.05) is 30.7 Å². The summed E-state index contributed by atoms with van der Waals surface area (Å²) in [5.74, 6) is 0. The summed E-state index contributed by atoms with van der Waals surface area (Å²) in [7, 11) is 0. The Balaban J connectivity index is 2.92. The molecular formula is C11H15ClO2S. The summed E-state index contributed by atoms with van der Waals surface area (Å²) in [6.07, 6.45) is -0.405. The molecule has 2 atom stereocenters. The molecule has 2 N–H and O–H groups in total. The minimum absolute atomic E-state index is 0.0323. The summed E-state index contributed by atoms with van der Waals surface area (Å²) in [4.78, 5) is 0.857. The summed E-state index contributed by atoms with van der Waals surface area (Å²) in [6.45, 7) is 3.64. The van der Waals surface area contributed by atoms with E-state index in [0.717, 1.165) is 10.5 Å². The van der Waals surface area contributed by atoms with Crippen molar-refractivity contribution in [3.8, 4) is 0 Å². The van der Waals surface area contributed by atoms with Crippen LogP contribution in [-0.2, 0) is 6.61 Å². The lowest BCUT2D eigenvalue weighted by molar-refractivity contribution is 0.196. The molecule has 0 saturated heterocycles. The van der Waals surface area contributed by atoms with Gasteiger partial charge in [-0.2, -0.15) is 0 Å². The van der Waals surface area contributed by atoms with Crippen molar-refractivity contribution in [3.63, 3.8) is 0 Å². The van der Waals surface area contributed by atoms with E-state index in [0.29, 0.717) is 5.02 Å². The average Bonchev–Trinajstić information content (AvgIpc) is 2.20. The quantitative estimate of drug-likeness (QED) is 0.803. The number of aliphatic hydroxyl groups is 2. The van der Waals surface area contributed by atoms with Crippen LogP contribution in [0, 0.1) is 0 Å². The molecule has 0 aliphatic carbocycles. The maximum Gasteiger partial charge on any atom is 0.0693 e. The highest BCUT2D eigenvalue weighted by atomic mass is 35.5. The lowest BCUT2D eigenvalue weighted by Gasteiger charge is -2.16. The lowest BCUT2D eigenvalue weighted by Crippen LogP contribution is -2.15. The molecule has 15 heavy (non-hydrogen) atoms. The minimum atomic E-state index is -0.405. The highest BCUT2D eigenvalue weighted by molar-refractivity contribution is 8.00. The molecule has 1 rings (SSSR count). The van der Waals surface area contributed by atoms with Crippen LogP contribution in [0.15, 0.2) is 23.1 Å². The molecule has 2 nitrogen and oxygen atoms in total. The highest BCUT2D eigenvalue weighted by Crippen LogP contribution is 2.34. The van der Waals surface area contributed by atoms with Crippen LogP contribution in [0.3, 0.4) is 0 Å². The predicted molar refractivity (Wildman–Crippen MR) is 64.4 cm³/mol. The first kappa shape index (κ1) is 12.8. The van der Waals surface area contributed by atoms with E-state index in [4.69, 9.17) is 16.7 Å². The molecule has 0 aliphatic heterocycles. The molecule has 0 aromatic heterocycles. The maximum absolute atomic E-state index is 9.41. The fourth-order valence-corrected chi connectivity index (χ4v) is 2.46. The Labute approximate surface area is 99.3 Å². The van der Waals surface area contributed by atoms with Gasteiger partial charge in [-0.15, -0.1) is 11.8 Å². The van der Waals surface area contributed by atoms with Crippen LogP contribution in [0.25, 0.3) is 0 Å². The second kappa shape index (κ2) is 5.75. The molecule has 0 spiro atoms. The van der Waals surface area contributed by atoms with Crippen molar-refractivity contribution in [2.45, 2.75) is 36.7 Å². The monoisotopic (exact) mass is 246 g/mol. The summed E-state index contributed by atoms with van der Waals surface area (Å²) < 4.78 is 0.